The van der Waals surface area contributed by atoms with Crippen LogP contribution < -0.4 is 9.64 Å². The summed E-state index contributed by atoms with van der Waals surface area (Å²) in [5.74, 6) is 1.39. The van der Waals surface area contributed by atoms with Crippen LogP contribution >= 0.6 is 11.3 Å². The Kier molecular flexibility index (Phi) is 5.12. The van der Waals surface area contributed by atoms with Gasteiger partial charge in [0.1, 0.15) is 11.5 Å². The van der Waals surface area contributed by atoms with E-state index in [-0.39, 0.29) is 5.91 Å². The van der Waals surface area contributed by atoms with Gasteiger partial charge in [-0.3, -0.25) is 9.69 Å². The zero-order valence-corrected chi connectivity index (χ0v) is 16.5. The number of carbonyl (C=O) groups excluding carboxylic acids is 1. The number of aromatic nitrogens is 1. The average molecular weight is 392 g/mol. The van der Waals surface area contributed by atoms with Crippen LogP contribution in [-0.4, -0.2) is 17.5 Å². The van der Waals surface area contributed by atoms with Gasteiger partial charge in [0.25, 0.3) is 5.91 Å². The van der Waals surface area contributed by atoms with Crippen molar-refractivity contribution < 1.29 is 13.9 Å². The number of hydrogen-bond donors (Lipinski definition) is 0. The van der Waals surface area contributed by atoms with Gasteiger partial charge in [0.2, 0.25) is 0 Å². The zero-order chi connectivity index (χ0) is 19.5. The minimum Gasteiger partial charge on any atom is -0.494 e. The van der Waals surface area contributed by atoms with Gasteiger partial charge in [-0.15, -0.1) is 0 Å². The maximum atomic E-state index is 13.3. The van der Waals surface area contributed by atoms with Crippen LogP contribution in [0.3, 0.4) is 0 Å². The summed E-state index contributed by atoms with van der Waals surface area (Å²) in [6, 6.07) is 17.0. The fourth-order valence-corrected chi connectivity index (χ4v) is 3.89. The van der Waals surface area contributed by atoms with Gasteiger partial charge in [-0.05, 0) is 56.3 Å². The quantitative estimate of drug-likeness (QED) is 0.438. The van der Waals surface area contributed by atoms with E-state index in [0.717, 1.165) is 21.5 Å². The summed E-state index contributed by atoms with van der Waals surface area (Å²) in [6.07, 6.45) is 1.61. The van der Waals surface area contributed by atoms with Crippen LogP contribution in [0.5, 0.6) is 5.75 Å². The number of thiazole rings is 1. The van der Waals surface area contributed by atoms with Gasteiger partial charge in [0, 0.05) is 5.56 Å². The molecule has 0 aliphatic carbocycles. The molecular weight excluding hydrogens is 372 g/mol. The van der Waals surface area contributed by atoms with E-state index in [2.05, 4.69) is 4.98 Å². The summed E-state index contributed by atoms with van der Waals surface area (Å²) in [5.41, 5.74) is 2.56. The number of nitrogens with zero attached hydrogens (tertiary/aromatic N) is 2. The van der Waals surface area contributed by atoms with E-state index in [4.69, 9.17) is 9.15 Å². The highest BCUT2D eigenvalue weighted by molar-refractivity contribution is 7.22. The van der Waals surface area contributed by atoms with Gasteiger partial charge >= 0.3 is 0 Å². The van der Waals surface area contributed by atoms with Gasteiger partial charge in [-0.25, -0.2) is 4.98 Å². The summed E-state index contributed by atoms with van der Waals surface area (Å²) >= 11 is 1.47. The van der Waals surface area contributed by atoms with Crippen molar-refractivity contribution in [2.24, 2.45) is 0 Å². The fraction of sp³-hybridized carbons (Fsp3) is 0.182. The Morgan fingerprint density at radius 3 is 2.71 bits per heavy atom. The summed E-state index contributed by atoms with van der Waals surface area (Å²) in [7, 11) is 0. The van der Waals surface area contributed by atoms with Gasteiger partial charge in [-0.1, -0.05) is 29.0 Å². The number of carbonyl (C=O) groups is 1. The molecule has 2 aromatic carbocycles. The van der Waals surface area contributed by atoms with Crippen molar-refractivity contribution in [2.45, 2.75) is 20.4 Å². The first-order chi connectivity index (χ1) is 13.6. The van der Waals surface area contributed by atoms with E-state index in [9.17, 15) is 4.79 Å². The number of benzene rings is 2. The molecule has 4 rings (SSSR count). The molecule has 0 aliphatic heterocycles. The predicted octanol–water partition coefficient (Wildman–Crippen LogP) is 5.44. The Morgan fingerprint density at radius 1 is 1.18 bits per heavy atom. The van der Waals surface area contributed by atoms with Crippen LogP contribution in [0.4, 0.5) is 5.13 Å². The minimum atomic E-state index is -0.111. The van der Waals surface area contributed by atoms with Gasteiger partial charge in [0.05, 0.1) is 29.6 Å². The third kappa shape index (κ3) is 3.77. The number of anilines is 1. The second kappa shape index (κ2) is 7.86. The Balaban J connectivity index is 1.73. The second-order valence-corrected chi connectivity index (χ2v) is 7.40. The number of hydrogen-bond acceptors (Lipinski definition) is 5. The highest BCUT2D eigenvalue weighted by Crippen LogP contribution is 2.33. The Morgan fingerprint density at radius 2 is 2.00 bits per heavy atom. The fourth-order valence-electron chi connectivity index (χ4n) is 2.90. The molecule has 0 saturated carbocycles. The lowest BCUT2D eigenvalue weighted by molar-refractivity contribution is 0.0983. The molecule has 0 unspecified atom stereocenters. The van der Waals surface area contributed by atoms with E-state index in [1.165, 1.54) is 11.3 Å². The van der Waals surface area contributed by atoms with Crippen molar-refractivity contribution in [3.8, 4) is 5.75 Å². The standard InChI is InChI=1S/C22H20N2O3S/c1-3-26-17-10-11-19-20(13-17)28-22(23-19)24(14-18-5-4-12-27-18)21(25)16-8-6-15(2)7-9-16/h4-13H,3,14H2,1-2H3. The Bertz CT molecular complexity index is 1080. The number of rotatable bonds is 6. The van der Waals surface area contributed by atoms with Crippen molar-refractivity contribution in [1.82, 2.24) is 4.98 Å². The molecule has 142 valence electrons. The molecule has 0 saturated heterocycles. The van der Waals surface area contributed by atoms with Crippen LogP contribution in [0, 0.1) is 6.92 Å². The third-order valence-corrected chi connectivity index (χ3v) is 5.37. The highest BCUT2D eigenvalue weighted by Gasteiger charge is 2.23. The molecule has 0 bridgehead atoms. The summed E-state index contributed by atoms with van der Waals surface area (Å²) in [4.78, 5) is 19.6. The lowest BCUT2D eigenvalue weighted by Crippen LogP contribution is -2.30. The zero-order valence-electron chi connectivity index (χ0n) is 15.7. The van der Waals surface area contributed by atoms with E-state index >= 15 is 0 Å². The summed E-state index contributed by atoms with van der Waals surface area (Å²) < 4.78 is 12.0. The van der Waals surface area contributed by atoms with Crippen LogP contribution in [-0.2, 0) is 6.54 Å². The number of aryl methyl sites for hydroxylation is 1. The molecular formula is C22H20N2O3S. The number of furan rings is 1. The molecule has 0 fully saturated rings. The van der Waals surface area contributed by atoms with Crippen LogP contribution in [0.2, 0.25) is 0 Å². The largest absolute Gasteiger partial charge is 0.494 e. The monoisotopic (exact) mass is 392 g/mol. The third-order valence-electron chi connectivity index (χ3n) is 4.33. The number of ether oxygens (including phenoxy) is 1. The van der Waals surface area contributed by atoms with E-state index in [1.807, 2.05) is 68.4 Å². The van der Waals surface area contributed by atoms with E-state index < -0.39 is 0 Å². The normalized spacial score (nSPS) is 10.9. The number of fused-ring (bicyclic) bond motifs is 1. The van der Waals surface area contributed by atoms with Crippen LogP contribution in [0.15, 0.2) is 65.3 Å². The highest BCUT2D eigenvalue weighted by atomic mass is 32.1. The maximum Gasteiger partial charge on any atom is 0.260 e. The molecule has 0 spiro atoms. The molecule has 0 radical (unpaired) electrons. The summed E-state index contributed by atoms with van der Waals surface area (Å²) in [5, 5.41) is 0.630. The first-order valence-corrected chi connectivity index (χ1v) is 9.90. The molecule has 1 amide bonds. The molecule has 28 heavy (non-hydrogen) atoms. The molecule has 6 heteroatoms. The van der Waals surface area contributed by atoms with Crippen LogP contribution in [0.25, 0.3) is 10.2 Å². The smallest absolute Gasteiger partial charge is 0.260 e. The minimum absolute atomic E-state index is 0.111. The van der Waals surface area contributed by atoms with E-state index in [0.29, 0.717) is 29.6 Å². The van der Waals surface area contributed by atoms with Crippen LogP contribution in [0.1, 0.15) is 28.6 Å². The van der Waals surface area contributed by atoms with E-state index in [1.54, 1.807) is 11.2 Å². The SMILES string of the molecule is CCOc1ccc2nc(N(Cc3ccco3)C(=O)c3ccc(C)cc3)sc2c1. The molecule has 0 N–H and O–H groups in total. The second-order valence-electron chi connectivity index (χ2n) is 6.40. The molecule has 0 atom stereocenters. The molecule has 5 nitrogen and oxygen atoms in total. The topological polar surface area (TPSA) is 55.6 Å². The van der Waals surface area contributed by atoms with Crippen molar-refractivity contribution >= 4 is 32.6 Å². The maximum absolute atomic E-state index is 13.3. The van der Waals surface area contributed by atoms with Gasteiger partial charge in [0.15, 0.2) is 5.13 Å². The lowest BCUT2D eigenvalue weighted by atomic mass is 10.1. The van der Waals surface area contributed by atoms with Crippen molar-refractivity contribution in [3.63, 3.8) is 0 Å². The van der Waals surface area contributed by atoms with Gasteiger partial charge < -0.3 is 9.15 Å². The summed E-state index contributed by atoms with van der Waals surface area (Å²) in [6.45, 7) is 4.87. The van der Waals surface area contributed by atoms with Gasteiger partial charge in [-0.2, -0.15) is 0 Å². The van der Waals surface area contributed by atoms with Crippen molar-refractivity contribution in [3.05, 3.63) is 77.7 Å². The lowest BCUT2D eigenvalue weighted by Gasteiger charge is -2.18. The van der Waals surface area contributed by atoms with Crippen molar-refractivity contribution in [1.29, 1.82) is 0 Å². The molecule has 0 aliphatic rings. The predicted molar refractivity (Wildman–Crippen MR) is 111 cm³/mol. The number of amides is 1. The average Bonchev–Trinajstić information content (AvgIpc) is 3.35. The molecule has 2 heterocycles. The first kappa shape index (κ1) is 18.3. The first-order valence-electron chi connectivity index (χ1n) is 9.08. The Labute approximate surface area is 167 Å². The molecule has 2 aromatic heterocycles. The van der Waals surface area contributed by atoms with Crippen molar-refractivity contribution in [2.75, 3.05) is 11.5 Å². The Hall–Kier alpha value is -3.12. The molecule has 4 aromatic rings.